The second-order valence-corrected chi connectivity index (χ2v) is 8.31. The minimum atomic E-state index is -2.78. The third-order valence-corrected chi connectivity index (χ3v) is 5.78. The molecule has 1 unspecified atom stereocenters. The molecule has 168 valence electrons. The molecule has 1 atom stereocenters. The van der Waals surface area contributed by atoms with Crippen molar-refractivity contribution in [2.45, 2.75) is 58.9 Å². The van der Waals surface area contributed by atoms with Crippen LogP contribution in [0.25, 0.3) is 10.9 Å². The van der Waals surface area contributed by atoms with Crippen LogP contribution in [0.4, 0.5) is 8.78 Å². The van der Waals surface area contributed by atoms with Gasteiger partial charge in [0.25, 0.3) is 5.92 Å². The summed E-state index contributed by atoms with van der Waals surface area (Å²) >= 11 is 0. The number of halogens is 2. The Kier molecular flexibility index (Phi) is 6.99. The van der Waals surface area contributed by atoms with Crippen molar-refractivity contribution in [1.29, 1.82) is 0 Å². The van der Waals surface area contributed by atoms with Gasteiger partial charge < -0.3 is 4.74 Å². The summed E-state index contributed by atoms with van der Waals surface area (Å²) in [6.45, 7) is 9.50. The molecular weight excluding hydrogens is 396 g/mol. The zero-order chi connectivity index (χ0) is 22.8. The van der Waals surface area contributed by atoms with E-state index in [0.717, 1.165) is 34.7 Å². The largest absolute Gasteiger partial charge is 0.496 e. The first-order chi connectivity index (χ1) is 14.8. The first kappa shape index (κ1) is 23.2. The molecule has 0 saturated heterocycles. The minimum absolute atomic E-state index is 0.292. The van der Waals surface area contributed by atoms with Gasteiger partial charge in [0.05, 0.1) is 31.4 Å². The Balaban J connectivity index is 0.00000132. The van der Waals surface area contributed by atoms with Gasteiger partial charge in [0, 0.05) is 24.4 Å². The highest BCUT2D eigenvalue weighted by atomic mass is 19.3. The Bertz CT molecular complexity index is 1020. The van der Waals surface area contributed by atoms with E-state index in [2.05, 4.69) is 30.1 Å². The zero-order valence-electron chi connectivity index (χ0n) is 19.3. The molecule has 1 aliphatic rings. The van der Waals surface area contributed by atoms with E-state index in [1.807, 2.05) is 49.2 Å². The summed E-state index contributed by atoms with van der Waals surface area (Å²) in [5.41, 5.74) is 5.28. The first-order valence-corrected chi connectivity index (χ1v) is 11.0. The van der Waals surface area contributed by atoms with Gasteiger partial charge >= 0.3 is 0 Å². The van der Waals surface area contributed by atoms with Crippen molar-refractivity contribution in [3.8, 4) is 5.75 Å². The lowest BCUT2D eigenvalue weighted by molar-refractivity contribution is -0.0239. The molecule has 0 bridgehead atoms. The van der Waals surface area contributed by atoms with Gasteiger partial charge in [-0.25, -0.2) is 8.78 Å². The Morgan fingerprint density at radius 2 is 1.90 bits per heavy atom. The molecule has 0 saturated carbocycles. The lowest BCUT2D eigenvalue weighted by Gasteiger charge is -2.39. The number of rotatable bonds is 5. The highest BCUT2D eigenvalue weighted by Crippen LogP contribution is 2.42. The summed E-state index contributed by atoms with van der Waals surface area (Å²) < 4.78 is 33.8. The Hall–Kier alpha value is -2.47. The molecule has 1 aliphatic heterocycles. The van der Waals surface area contributed by atoms with Gasteiger partial charge in [0.2, 0.25) is 0 Å². The molecule has 0 aliphatic carbocycles. The van der Waals surface area contributed by atoms with Crippen molar-refractivity contribution in [2.24, 2.45) is 0 Å². The van der Waals surface area contributed by atoms with E-state index in [1.165, 1.54) is 11.1 Å². The van der Waals surface area contributed by atoms with E-state index < -0.39 is 5.92 Å². The number of alkyl halides is 2. The summed E-state index contributed by atoms with van der Waals surface area (Å²) in [6.07, 6.45) is 2.54. The Morgan fingerprint density at radius 1 is 1.19 bits per heavy atom. The molecular formula is C25H33F2N3O. The number of aromatic nitrogens is 2. The van der Waals surface area contributed by atoms with E-state index in [9.17, 15) is 8.78 Å². The molecule has 2 heterocycles. The molecule has 1 N–H and O–H groups in total. The van der Waals surface area contributed by atoms with Gasteiger partial charge in [-0.15, -0.1) is 0 Å². The number of nitrogens with zero attached hydrogens (tertiary/aromatic N) is 2. The van der Waals surface area contributed by atoms with Gasteiger partial charge in [0.1, 0.15) is 5.75 Å². The second-order valence-electron chi connectivity index (χ2n) is 8.31. The normalized spacial score (nSPS) is 16.7. The highest BCUT2D eigenvalue weighted by Gasteiger charge is 2.36. The van der Waals surface area contributed by atoms with Crippen molar-refractivity contribution < 1.29 is 13.5 Å². The fourth-order valence-corrected chi connectivity index (χ4v) is 4.41. The summed E-state index contributed by atoms with van der Waals surface area (Å²) in [6, 6.07) is 9.88. The molecule has 4 rings (SSSR count). The molecule has 0 radical (unpaired) electrons. The summed E-state index contributed by atoms with van der Waals surface area (Å²) in [7, 11) is 1.64. The number of methoxy groups -OCH3 is 1. The fraction of sp³-hybridized carbons (Fsp3) is 0.480. The maximum Gasteiger partial charge on any atom is 0.257 e. The Labute approximate surface area is 183 Å². The maximum atomic E-state index is 14.0. The van der Waals surface area contributed by atoms with Crippen molar-refractivity contribution in [3.05, 3.63) is 58.8 Å². The average Bonchev–Trinajstić information content (AvgIpc) is 3.22. The third kappa shape index (κ3) is 4.74. The molecule has 0 spiro atoms. The van der Waals surface area contributed by atoms with Crippen LogP contribution in [0.15, 0.2) is 36.5 Å². The van der Waals surface area contributed by atoms with Crippen LogP contribution in [0, 0.1) is 0 Å². The SMILES string of the molecule is CC.COc1cc(C(C)C)ccc1C1c2ccc3[nH]ncc3c2CCN1CC(C)(F)F. The monoisotopic (exact) mass is 429 g/mol. The molecule has 3 aromatic rings. The number of ether oxygens (including phenoxy) is 1. The van der Waals surface area contributed by atoms with Gasteiger partial charge in [-0.05, 0) is 41.2 Å². The lowest BCUT2D eigenvalue weighted by atomic mass is 9.85. The van der Waals surface area contributed by atoms with Crippen LogP contribution in [0.5, 0.6) is 5.75 Å². The molecule has 4 nitrogen and oxygen atoms in total. The van der Waals surface area contributed by atoms with Gasteiger partial charge in [-0.2, -0.15) is 5.10 Å². The topological polar surface area (TPSA) is 41.1 Å². The van der Waals surface area contributed by atoms with Crippen LogP contribution in [0.2, 0.25) is 0 Å². The van der Waals surface area contributed by atoms with Gasteiger partial charge in [-0.1, -0.05) is 45.9 Å². The van der Waals surface area contributed by atoms with E-state index in [1.54, 1.807) is 7.11 Å². The number of hydrogen-bond acceptors (Lipinski definition) is 3. The van der Waals surface area contributed by atoms with Gasteiger partial charge in [-0.3, -0.25) is 10.00 Å². The summed E-state index contributed by atoms with van der Waals surface area (Å²) in [4.78, 5) is 1.88. The standard InChI is InChI=1S/C23H27F2N3O.C2H6/c1-14(2)15-5-6-18(21(11-15)29-4)22-17-7-8-20-19(12-26-27-20)16(17)9-10-28(22)13-23(3,24)25;1-2/h5-8,11-12,14,22H,9-10,13H2,1-4H3,(H,26,27);1-2H3. The number of H-pyrrole nitrogens is 1. The summed E-state index contributed by atoms with van der Waals surface area (Å²) in [5.74, 6) is -1.68. The molecule has 31 heavy (non-hydrogen) atoms. The van der Waals surface area contributed by atoms with E-state index in [4.69, 9.17) is 4.74 Å². The van der Waals surface area contributed by atoms with Crippen LogP contribution in [-0.2, 0) is 6.42 Å². The van der Waals surface area contributed by atoms with E-state index >= 15 is 0 Å². The molecule has 6 heteroatoms. The summed E-state index contributed by atoms with van der Waals surface area (Å²) in [5, 5.41) is 8.24. The maximum absolute atomic E-state index is 14.0. The smallest absolute Gasteiger partial charge is 0.257 e. The van der Waals surface area contributed by atoms with Crippen LogP contribution in [-0.4, -0.2) is 41.2 Å². The second kappa shape index (κ2) is 9.35. The Morgan fingerprint density at radius 3 is 2.55 bits per heavy atom. The van der Waals surface area contributed by atoms with Crippen LogP contribution >= 0.6 is 0 Å². The molecule has 0 amide bonds. The number of fused-ring (bicyclic) bond motifs is 3. The molecule has 1 aromatic heterocycles. The number of benzene rings is 2. The number of nitrogens with one attached hydrogen (secondary N) is 1. The highest BCUT2D eigenvalue weighted by molar-refractivity contribution is 5.83. The van der Waals surface area contributed by atoms with Crippen molar-refractivity contribution in [1.82, 2.24) is 15.1 Å². The number of hydrogen-bond donors (Lipinski definition) is 1. The zero-order valence-corrected chi connectivity index (χ0v) is 19.3. The van der Waals surface area contributed by atoms with Crippen LogP contribution < -0.4 is 4.74 Å². The fourth-order valence-electron chi connectivity index (χ4n) is 4.41. The van der Waals surface area contributed by atoms with Crippen molar-refractivity contribution in [3.63, 3.8) is 0 Å². The lowest BCUT2D eigenvalue weighted by Crippen LogP contribution is -2.42. The quantitative estimate of drug-likeness (QED) is 0.516. The van der Waals surface area contributed by atoms with Crippen LogP contribution in [0.3, 0.4) is 0 Å². The van der Waals surface area contributed by atoms with E-state index in [-0.39, 0.29) is 12.6 Å². The average molecular weight is 430 g/mol. The predicted octanol–water partition coefficient (Wildman–Crippen LogP) is 6.32. The molecule has 2 aromatic carbocycles. The minimum Gasteiger partial charge on any atom is -0.496 e. The predicted molar refractivity (Wildman–Crippen MR) is 122 cm³/mol. The van der Waals surface area contributed by atoms with Gasteiger partial charge in [0.15, 0.2) is 0 Å². The van der Waals surface area contributed by atoms with E-state index in [0.29, 0.717) is 18.9 Å². The number of aromatic amines is 1. The van der Waals surface area contributed by atoms with Crippen LogP contribution in [0.1, 0.15) is 68.8 Å². The first-order valence-electron chi connectivity index (χ1n) is 11.0. The van der Waals surface area contributed by atoms with Crippen molar-refractivity contribution >= 4 is 10.9 Å². The van der Waals surface area contributed by atoms with Crippen molar-refractivity contribution in [2.75, 3.05) is 20.2 Å². The molecule has 0 fully saturated rings. The third-order valence-electron chi connectivity index (χ3n) is 5.78.